The molecule has 0 amide bonds. The molecule has 0 aliphatic carbocycles. The lowest BCUT2D eigenvalue weighted by Gasteiger charge is -2.15. The molecular weight excluding hydrogens is 514 g/mol. The minimum absolute atomic E-state index is 0.0121. The Morgan fingerprint density at radius 1 is 0.951 bits per heavy atom. The van der Waals surface area contributed by atoms with Crippen LogP contribution in [-0.2, 0) is 6.42 Å². The van der Waals surface area contributed by atoms with Crippen LogP contribution in [0.25, 0.3) is 27.6 Å². The first-order chi connectivity index (χ1) is 20.0. The summed E-state index contributed by atoms with van der Waals surface area (Å²) in [6.45, 7) is 10.1. The minimum atomic E-state index is -0.0121. The second-order valence-electron chi connectivity index (χ2n) is 7.96. The van der Waals surface area contributed by atoms with Crippen LogP contribution in [0.5, 0.6) is 5.88 Å². The molecule has 212 valence electrons. The third-order valence-electron chi connectivity index (χ3n) is 5.71. The van der Waals surface area contributed by atoms with Gasteiger partial charge in [-0.2, -0.15) is 10.2 Å². The lowest BCUT2D eigenvalue weighted by atomic mass is 9.99. The quantitative estimate of drug-likeness (QED) is 0.269. The average molecular weight is 552 g/mol. The van der Waals surface area contributed by atoms with Gasteiger partial charge in [0, 0.05) is 23.6 Å². The van der Waals surface area contributed by atoms with Gasteiger partial charge in [0.25, 0.3) is 5.56 Å². The number of para-hydroxylation sites is 1. The van der Waals surface area contributed by atoms with E-state index in [0.717, 1.165) is 34.3 Å². The van der Waals surface area contributed by atoms with Crippen LogP contribution in [0.3, 0.4) is 0 Å². The monoisotopic (exact) mass is 551 g/mol. The fraction of sp³-hybridized carbons (Fsp3) is 0.219. The third kappa shape index (κ3) is 7.67. The number of aromatic nitrogens is 4. The van der Waals surface area contributed by atoms with Crippen molar-refractivity contribution in [3.8, 4) is 28.8 Å². The van der Waals surface area contributed by atoms with Crippen LogP contribution >= 0.6 is 0 Å². The highest BCUT2D eigenvalue weighted by Crippen LogP contribution is 2.29. The van der Waals surface area contributed by atoms with E-state index in [1.165, 1.54) is 6.20 Å². The number of fused-ring (bicyclic) bond motifs is 1. The van der Waals surface area contributed by atoms with Gasteiger partial charge < -0.3 is 16.2 Å². The van der Waals surface area contributed by atoms with Crippen molar-refractivity contribution in [3.63, 3.8) is 0 Å². The Balaban J connectivity index is 0.000000352. The first-order valence-electron chi connectivity index (χ1n) is 13.5. The number of hydrogen-bond acceptors (Lipinski definition) is 8. The van der Waals surface area contributed by atoms with E-state index in [2.05, 4.69) is 27.9 Å². The molecule has 9 heteroatoms. The topological polar surface area (TPSA) is 146 Å². The van der Waals surface area contributed by atoms with E-state index in [0.29, 0.717) is 11.3 Å². The molecule has 0 aliphatic heterocycles. The molecule has 0 atom stereocenters. The van der Waals surface area contributed by atoms with Crippen molar-refractivity contribution in [1.82, 2.24) is 19.5 Å². The highest BCUT2D eigenvalue weighted by Gasteiger charge is 2.14. The zero-order valence-corrected chi connectivity index (χ0v) is 24.4. The van der Waals surface area contributed by atoms with Crippen LogP contribution < -0.4 is 21.8 Å². The summed E-state index contributed by atoms with van der Waals surface area (Å²) in [5, 5.41) is 10.0. The molecule has 2 aromatic carbocycles. The highest BCUT2D eigenvalue weighted by molar-refractivity contribution is 5.96. The fourth-order valence-corrected chi connectivity index (χ4v) is 3.96. The Morgan fingerprint density at radius 2 is 1.66 bits per heavy atom. The van der Waals surface area contributed by atoms with E-state index >= 15 is 0 Å². The third-order valence-corrected chi connectivity index (χ3v) is 5.71. The molecule has 0 radical (unpaired) electrons. The van der Waals surface area contributed by atoms with Crippen molar-refractivity contribution in [2.24, 2.45) is 0 Å². The van der Waals surface area contributed by atoms with Gasteiger partial charge in [0.2, 0.25) is 11.8 Å². The molecule has 0 unspecified atom stereocenters. The van der Waals surface area contributed by atoms with Crippen LogP contribution in [0.1, 0.15) is 45.9 Å². The number of hydrogen-bond donors (Lipinski definition) is 2. The second kappa shape index (κ2) is 16.0. The van der Waals surface area contributed by atoms with Crippen molar-refractivity contribution in [2.45, 2.75) is 41.0 Å². The zero-order valence-electron chi connectivity index (χ0n) is 24.4. The standard InChI is InChI=1S/C23H20N2O2.C5H5N5.2C2H6/c1-3-18-14-17-8-7-11-20(16-12-13-24-21(15-16)27-2)22(17)23(26)25(18)19-9-5-4-6-10-19;6-1-3-2-9-5(8)10-4(3)7;2*1-2/h4-15H,3H2,1-2H3;2H,(H4,7,8,9,10);2*1-2H3. The van der Waals surface area contributed by atoms with Crippen LogP contribution in [0.15, 0.2) is 83.9 Å². The van der Waals surface area contributed by atoms with Gasteiger partial charge in [0.1, 0.15) is 17.5 Å². The molecule has 4 N–H and O–H groups in total. The lowest BCUT2D eigenvalue weighted by molar-refractivity contribution is 0.398. The van der Waals surface area contributed by atoms with Gasteiger partial charge in [0.05, 0.1) is 18.7 Å². The lowest BCUT2D eigenvalue weighted by Crippen LogP contribution is -2.22. The van der Waals surface area contributed by atoms with Crippen LogP contribution in [0.2, 0.25) is 0 Å². The van der Waals surface area contributed by atoms with E-state index in [9.17, 15) is 4.79 Å². The number of nitriles is 1. The summed E-state index contributed by atoms with van der Waals surface area (Å²) in [6, 6.07) is 23.4. The van der Waals surface area contributed by atoms with Crippen molar-refractivity contribution in [2.75, 3.05) is 18.6 Å². The number of ether oxygens (including phenoxy) is 1. The van der Waals surface area contributed by atoms with Gasteiger partial charge in [-0.05, 0) is 47.2 Å². The van der Waals surface area contributed by atoms with Crippen LogP contribution in [0, 0.1) is 11.3 Å². The largest absolute Gasteiger partial charge is 0.481 e. The molecule has 0 saturated carbocycles. The van der Waals surface area contributed by atoms with Gasteiger partial charge in [-0.3, -0.25) is 9.36 Å². The predicted molar refractivity (Wildman–Crippen MR) is 167 cm³/mol. The SMILES string of the molecule is CC.CC.CCc1cc2cccc(-c3ccnc(OC)c3)c2c(=O)n1-c1ccccc1.N#Cc1cnc(N)nc1N. The van der Waals surface area contributed by atoms with E-state index in [-0.39, 0.29) is 22.9 Å². The molecule has 3 aromatic heterocycles. The first-order valence-corrected chi connectivity index (χ1v) is 13.5. The molecule has 41 heavy (non-hydrogen) atoms. The van der Waals surface area contributed by atoms with Gasteiger partial charge in [0.15, 0.2) is 0 Å². The number of anilines is 2. The first kappa shape index (κ1) is 32.0. The number of nitrogen functional groups attached to an aromatic ring is 2. The van der Waals surface area contributed by atoms with Gasteiger partial charge in [-0.1, -0.05) is 71.0 Å². The highest BCUT2D eigenvalue weighted by atomic mass is 16.5. The van der Waals surface area contributed by atoms with Gasteiger partial charge >= 0.3 is 0 Å². The number of aryl methyl sites for hydroxylation is 1. The molecule has 9 nitrogen and oxygen atoms in total. The van der Waals surface area contributed by atoms with Gasteiger partial charge in [-0.25, -0.2) is 9.97 Å². The molecule has 5 aromatic rings. The predicted octanol–water partition coefficient (Wildman–Crippen LogP) is 6.19. The Bertz CT molecular complexity index is 1660. The molecule has 5 rings (SSSR count). The number of rotatable bonds is 4. The minimum Gasteiger partial charge on any atom is -0.481 e. The van der Waals surface area contributed by atoms with E-state index in [1.54, 1.807) is 13.3 Å². The Kier molecular flexibility index (Phi) is 12.5. The summed E-state index contributed by atoms with van der Waals surface area (Å²) in [7, 11) is 1.59. The smallest absolute Gasteiger partial charge is 0.263 e. The molecule has 0 spiro atoms. The van der Waals surface area contributed by atoms with Crippen LogP contribution in [-0.4, -0.2) is 26.6 Å². The molecule has 0 bridgehead atoms. The van der Waals surface area contributed by atoms with Gasteiger partial charge in [-0.15, -0.1) is 0 Å². The summed E-state index contributed by atoms with van der Waals surface area (Å²) in [4.78, 5) is 24.9. The summed E-state index contributed by atoms with van der Waals surface area (Å²) >= 11 is 0. The Morgan fingerprint density at radius 3 is 2.27 bits per heavy atom. The number of pyridine rings is 2. The van der Waals surface area contributed by atoms with Crippen LogP contribution in [0.4, 0.5) is 11.8 Å². The molecule has 3 heterocycles. The van der Waals surface area contributed by atoms with Crippen molar-refractivity contribution < 1.29 is 4.74 Å². The molecule has 0 aliphatic rings. The number of benzene rings is 2. The molecule has 0 saturated heterocycles. The average Bonchev–Trinajstić information content (AvgIpc) is 3.03. The van der Waals surface area contributed by atoms with E-state index in [1.807, 2.05) is 99.0 Å². The van der Waals surface area contributed by atoms with E-state index in [4.69, 9.17) is 21.5 Å². The van der Waals surface area contributed by atoms with E-state index < -0.39 is 0 Å². The summed E-state index contributed by atoms with van der Waals surface area (Å²) in [5.41, 5.74) is 14.3. The number of nitrogens with two attached hydrogens (primary N) is 2. The van der Waals surface area contributed by atoms with Crippen molar-refractivity contribution >= 4 is 22.5 Å². The summed E-state index contributed by atoms with van der Waals surface area (Å²) in [6.07, 6.45) is 3.76. The summed E-state index contributed by atoms with van der Waals surface area (Å²) in [5.74, 6) is 0.726. The van der Waals surface area contributed by atoms with Crippen molar-refractivity contribution in [1.29, 1.82) is 5.26 Å². The molecular formula is C32H37N7O2. The number of methoxy groups -OCH3 is 1. The second-order valence-corrected chi connectivity index (χ2v) is 7.96. The number of nitrogens with zero attached hydrogens (tertiary/aromatic N) is 5. The Labute approximate surface area is 241 Å². The maximum absolute atomic E-state index is 13.6. The fourth-order valence-electron chi connectivity index (χ4n) is 3.96. The summed E-state index contributed by atoms with van der Waals surface area (Å²) < 4.78 is 7.06. The maximum Gasteiger partial charge on any atom is 0.263 e. The maximum atomic E-state index is 13.6. The molecule has 0 fully saturated rings. The normalized spacial score (nSPS) is 9.59. The zero-order chi connectivity index (χ0) is 30.4. The van der Waals surface area contributed by atoms with Crippen molar-refractivity contribution in [3.05, 3.63) is 101 Å². The Hall–Kier alpha value is -5.23.